The molecule has 5 nitrogen and oxygen atoms in total. The zero-order valence-electron chi connectivity index (χ0n) is 8.97. The molecule has 16 heavy (non-hydrogen) atoms. The molecule has 0 aliphatic rings. The molecule has 0 unspecified atom stereocenters. The van der Waals surface area contributed by atoms with Crippen LogP contribution in [0.4, 0.5) is 4.79 Å². The molecule has 0 bridgehead atoms. The summed E-state index contributed by atoms with van der Waals surface area (Å²) in [7, 11) is 1.64. The number of nitrogens with zero attached hydrogens (tertiary/aromatic N) is 1. The van der Waals surface area contributed by atoms with E-state index in [1.807, 2.05) is 17.5 Å². The first-order valence-corrected chi connectivity index (χ1v) is 5.70. The van der Waals surface area contributed by atoms with Crippen LogP contribution in [0.3, 0.4) is 0 Å². The molecule has 0 fully saturated rings. The van der Waals surface area contributed by atoms with Crippen molar-refractivity contribution in [3.05, 3.63) is 22.4 Å². The third kappa shape index (κ3) is 4.31. The predicted molar refractivity (Wildman–Crippen MR) is 61.7 cm³/mol. The number of carbonyl (C=O) groups is 2. The number of hydrogen-bond donors (Lipinski definition) is 2. The fourth-order valence-corrected chi connectivity index (χ4v) is 1.82. The number of thiophene rings is 1. The Morgan fingerprint density at radius 3 is 2.88 bits per heavy atom. The Bertz CT molecular complexity index is 351. The highest BCUT2D eigenvalue weighted by Crippen LogP contribution is 2.09. The van der Waals surface area contributed by atoms with Crippen LogP contribution in [0.25, 0.3) is 0 Å². The number of carbonyl (C=O) groups excluding carboxylic acids is 1. The van der Waals surface area contributed by atoms with Crippen LogP contribution in [0.2, 0.25) is 0 Å². The van der Waals surface area contributed by atoms with Crippen molar-refractivity contribution in [2.75, 3.05) is 20.1 Å². The fraction of sp³-hybridized carbons (Fsp3) is 0.400. The van der Waals surface area contributed by atoms with E-state index >= 15 is 0 Å². The summed E-state index contributed by atoms with van der Waals surface area (Å²) >= 11 is 1.64. The lowest BCUT2D eigenvalue weighted by molar-refractivity contribution is -0.135. The SMILES string of the molecule is CN(CCc1cccs1)C(=O)NCC(=O)O. The fourth-order valence-electron chi connectivity index (χ4n) is 1.12. The maximum absolute atomic E-state index is 11.4. The molecule has 0 aliphatic carbocycles. The molecule has 1 aromatic rings. The number of rotatable bonds is 5. The van der Waals surface area contributed by atoms with Crippen molar-refractivity contribution < 1.29 is 14.7 Å². The lowest BCUT2D eigenvalue weighted by Crippen LogP contribution is -2.40. The van der Waals surface area contributed by atoms with Crippen LogP contribution in [0.15, 0.2) is 17.5 Å². The van der Waals surface area contributed by atoms with Crippen molar-refractivity contribution in [1.82, 2.24) is 10.2 Å². The highest BCUT2D eigenvalue weighted by Gasteiger charge is 2.09. The van der Waals surface area contributed by atoms with E-state index in [4.69, 9.17) is 5.11 Å². The van der Waals surface area contributed by atoms with Gasteiger partial charge in [0, 0.05) is 18.5 Å². The molecule has 1 heterocycles. The predicted octanol–water partition coefficient (Wildman–Crippen LogP) is 1.02. The maximum Gasteiger partial charge on any atom is 0.323 e. The summed E-state index contributed by atoms with van der Waals surface area (Å²) in [6, 6.07) is 3.61. The molecule has 0 saturated carbocycles. The van der Waals surface area contributed by atoms with Gasteiger partial charge in [-0.2, -0.15) is 0 Å². The first-order valence-electron chi connectivity index (χ1n) is 4.82. The largest absolute Gasteiger partial charge is 0.480 e. The molecule has 0 atom stereocenters. The number of urea groups is 1. The van der Waals surface area contributed by atoms with Gasteiger partial charge in [0.25, 0.3) is 0 Å². The van der Waals surface area contributed by atoms with E-state index in [9.17, 15) is 9.59 Å². The molecule has 6 heteroatoms. The molecule has 88 valence electrons. The molecule has 1 rings (SSSR count). The third-order valence-corrected chi connectivity index (χ3v) is 2.95. The molecule has 2 amide bonds. The number of carboxylic acid groups (broad SMARTS) is 1. The second-order valence-corrected chi connectivity index (χ2v) is 4.34. The number of carboxylic acids is 1. The van der Waals surface area contributed by atoms with Crippen molar-refractivity contribution in [3.8, 4) is 0 Å². The quantitative estimate of drug-likeness (QED) is 0.809. The van der Waals surface area contributed by atoms with Crippen molar-refractivity contribution in [2.24, 2.45) is 0 Å². The number of likely N-dealkylation sites (N-methyl/N-ethyl adjacent to an activating group) is 1. The van der Waals surface area contributed by atoms with Crippen LogP contribution >= 0.6 is 11.3 Å². The number of amides is 2. The lowest BCUT2D eigenvalue weighted by Gasteiger charge is -2.16. The Morgan fingerprint density at radius 1 is 1.56 bits per heavy atom. The average molecular weight is 242 g/mol. The van der Waals surface area contributed by atoms with Crippen LogP contribution < -0.4 is 5.32 Å². The molecular formula is C10H14N2O3S. The molecule has 0 saturated heterocycles. The number of nitrogens with one attached hydrogen (secondary N) is 1. The molecule has 1 aromatic heterocycles. The minimum atomic E-state index is -1.04. The second-order valence-electron chi connectivity index (χ2n) is 3.30. The smallest absolute Gasteiger partial charge is 0.323 e. The van der Waals surface area contributed by atoms with Gasteiger partial charge < -0.3 is 15.3 Å². The highest BCUT2D eigenvalue weighted by atomic mass is 32.1. The summed E-state index contributed by atoms with van der Waals surface area (Å²) in [5.74, 6) is -1.04. The standard InChI is InChI=1S/C10H14N2O3S/c1-12(10(15)11-7-9(13)14)5-4-8-3-2-6-16-8/h2-3,6H,4-5,7H2,1H3,(H,11,15)(H,13,14). The molecule has 0 spiro atoms. The van der Waals surface area contributed by atoms with E-state index in [1.54, 1.807) is 18.4 Å². The van der Waals surface area contributed by atoms with Crippen molar-refractivity contribution in [3.63, 3.8) is 0 Å². The first-order chi connectivity index (χ1) is 7.59. The maximum atomic E-state index is 11.4. The monoisotopic (exact) mass is 242 g/mol. The van der Waals surface area contributed by atoms with Crippen LogP contribution in [0.5, 0.6) is 0 Å². The van der Waals surface area contributed by atoms with E-state index in [2.05, 4.69) is 5.32 Å². The summed E-state index contributed by atoms with van der Waals surface area (Å²) < 4.78 is 0. The van der Waals surface area contributed by atoms with Crippen molar-refractivity contribution >= 4 is 23.3 Å². The summed E-state index contributed by atoms with van der Waals surface area (Å²) in [5, 5.41) is 12.7. The second kappa shape index (κ2) is 6.12. The first kappa shape index (κ1) is 12.5. The van der Waals surface area contributed by atoms with E-state index < -0.39 is 5.97 Å². The summed E-state index contributed by atoms with van der Waals surface area (Å²) in [5.41, 5.74) is 0. The van der Waals surface area contributed by atoms with E-state index in [-0.39, 0.29) is 12.6 Å². The highest BCUT2D eigenvalue weighted by molar-refractivity contribution is 7.09. The minimum absolute atomic E-state index is 0.345. The van der Waals surface area contributed by atoms with Gasteiger partial charge in [-0.05, 0) is 17.9 Å². The summed E-state index contributed by atoms with van der Waals surface area (Å²) in [6.07, 6.45) is 0.786. The molecule has 0 radical (unpaired) electrons. The average Bonchev–Trinajstić information content (AvgIpc) is 2.75. The zero-order valence-corrected chi connectivity index (χ0v) is 9.79. The lowest BCUT2D eigenvalue weighted by atomic mass is 10.3. The Labute approximate surface area is 97.7 Å². The van der Waals surface area contributed by atoms with Gasteiger partial charge in [0.05, 0.1) is 0 Å². The van der Waals surface area contributed by atoms with Gasteiger partial charge in [-0.1, -0.05) is 6.07 Å². The topological polar surface area (TPSA) is 69.6 Å². The number of hydrogen-bond acceptors (Lipinski definition) is 3. The Kier molecular flexibility index (Phi) is 4.78. The Hall–Kier alpha value is -1.56. The Morgan fingerprint density at radius 2 is 2.31 bits per heavy atom. The van der Waals surface area contributed by atoms with E-state index in [1.165, 1.54) is 9.78 Å². The van der Waals surface area contributed by atoms with Gasteiger partial charge in [0.15, 0.2) is 0 Å². The normalized spacial score (nSPS) is 9.81. The van der Waals surface area contributed by atoms with Crippen LogP contribution in [0, 0.1) is 0 Å². The molecule has 0 aliphatic heterocycles. The molecular weight excluding hydrogens is 228 g/mol. The molecule has 0 aromatic carbocycles. The summed E-state index contributed by atoms with van der Waals surface area (Å²) in [6.45, 7) is 0.230. The van der Waals surface area contributed by atoms with Crippen molar-refractivity contribution in [1.29, 1.82) is 0 Å². The van der Waals surface area contributed by atoms with Gasteiger partial charge in [0.2, 0.25) is 0 Å². The van der Waals surface area contributed by atoms with Gasteiger partial charge in [-0.3, -0.25) is 4.79 Å². The third-order valence-electron chi connectivity index (χ3n) is 2.01. The van der Waals surface area contributed by atoms with Gasteiger partial charge in [0.1, 0.15) is 6.54 Å². The Balaban J connectivity index is 2.26. The van der Waals surface area contributed by atoms with Crippen molar-refractivity contribution in [2.45, 2.75) is 6.42 Å². The minimum Gasteiger partial charge on any atom is -0.480 e. The van der Waals surface area contributed by atoms with E-state index in [0.29, 0.717) is 6.54 Å². The van der Waals surface area contributed by atoms with Gasteiger partial charge in [-0.25, -0.2) is 4.79 Å². The number of aliphatic carboxylic acids is 1. The van der Waals surface area contributed by atoms with Gasteiger partial charge >= 0.3 is 12.0 Å². The van der Waals surface area contributed by atoms with E-state index in [0.717, 1.165) is 6.42 Å². The zero-order chi connectivity index (χ0) is 12.0. The van der Waals surface area contributed by atoms with Crippen LogP contribution in [0.1, 0.15) is 4.88 Å². The molecule has 2 N–H and O–H groups in total. The van der Waals surface area contributed by atoms with Gasteiger partial charge in [-0.15, -0.1) is 11.3 Å². The van der Waals surface area contributed by atoms with Crippen LogP contribution in [-0.4, -0.2) is 42.1 Å². The van der Waals surface area contributed by atoms with Crippen LogP contribution in [-0.2, 0) is 11.2 Å². The summed E-state index contributed by atoms with van der Waals surface area (Å²) in [4.78, 5) is 24.3.